The average Bonchev–Trinajstić information content (AvgIpc) is 1.91. The number of rotatable bonds is 1. The van der Waals surface area contributed by atoms with Crippen molar-refractivity contribution in [3.8, 4) is 0 Å². The van der Waals surface area contributed by atoms with Gasteiger partial charge in [-0.1, -0.05) is 26.7 Å². The Morgan fingerprint density at radius 3 is 1.89 bits per heavy atom. The van der Waals surface area contributed by atoms with Gasteiger partial charge in [0.1, 0.15) is 0 Å². The quantitative estimate of drug-likeness (QED) is 0.377. The molecule has 0 aromatic carbocycles. The van der Waals surface area contributed by atoms with Crippen molar-refractivity contribution in [1.82, 2.24) is 4.72 Å². The summed E-state index contributed by atoms with van der Waals surface area (Å²) >= 11 is 3.41. The molecule has 0 aliphatic heterocycles. The highest BCUT2D eigenvalue weighted by atomic mass is 32.1. The monoisotopic (exact) mass is 148 g/mol. The molecule has 0 aliphatic carbocycles. The summed E-state index contributed by atoms with van der Waals surface area (Å²) in [7, 11) is 0. The van der Waals surface area contributed by atoms with Gasteiger partial charge in [-0.2, -0.15) is 0 Å². The van der Waals surface area contributed by atoms with E-state index in [1.807, 2.05) is 18.6 Å². The molecular formula is C5H12N2OS. The molecule has 0 unspecified atom stereocenters. The number of carbonyl (C=O) groups is 1. The van der Waals surface area contributed by atoms with E-state index in [4.69, 9.17) is 5.41 Å². The van der Waals surface area contributed by atoms with Crippen molar-refractivity contribution in [3.63, 3.8) is 0 Å². The lowest BCUT2D eigenvalue weighted by molar-refractivity contribution is -0.113. The topological polar surface area (TPSA) is 53.0 Å². The van der Waals surface area contributed by atoms with Crippen LogP contribution in [-0.2, 0) is 4.79 Å². The maximum atomic E-state index is 10.1. The van der Waals surface area contributed by atoms with Gasteiger partial charge < -0.3 is 0 Å². The molecule has 0 saturated carbocycles. The van der Waals surface area contributed by atoms with Crippen molar-refractivity contribution in [3.05, 3.63) is 0 Å². The number of carbonyl (C=O) groups excluding carboxylic acids is 1. The highest BCUT2D eigenvalue weighted by molar-refractivity contribution is 7.78. The summed E-state index contributed by atoms with van der Waals surface area (Å²) in [6, 6.07) is 0. The molecule has 54 valence electrons. The second-order valence-electron chi connectivity index (χ2n) is 1.07. The van der Waals surface area contributed by atoms with E-state index in [9.17, 15) is 4.79 Å². The van der Waals surface area contributed by atoms with Gasteiger partial charge in [0.05, 0.1) is 5.71 Å². The van der Waals surface area contributed by atoms with Crippen molar-refractivity contribution in [2.45, 2.75) is 20.8 Å². The summed E-state index contributed by atoms with van der Waals surface area (Å²) in [4.78, 5) is 10.1. The fourth-order valence-electron chi connectivity index (χ4n) is 0.0839. The molecule has 0 radical (unpaired) electrons. The van der Waals surface area contributed by atoms with Gasteiger partial charge in [-0.05, 0) is 6.92 Å². The Labute approximate surface area is 60.9 Å². The molecule has 3 nitrogen and oxygen atoms in total. The maximum absolute atomic E-state index is 10.1. The predicted octanol–water partition coefficient (Wildman–Crippen LogP) is 1.01. The highest BCUT2D eigenvalue weighted by Crippen LogP contribution is 1.69. The third kappa shape index (κ3) is 7.49. The zero-order chi connectivity index (χ0) is 7.86. The first-order chi connectivity index (χ1) is 4.18. The van der Waals surface area contributed by atoms with Crippen molar-refractivity contribution < 1.29 is 4.79 Å². The van der Waals surface area contributed by atoms with Gasteiger partial charge in [0.25, 0.3) is 5.91 Å². The summed E-state index contributed by atoms with van der Waals surface area (Å²) in [6.45, 7) is 5.39. The molecule has 0 heterocycles. The van der Waals surface area contributed by atoms with E-state index in [2.05, 4.69) is 12.8 Å². The number of nitrogens with one attached hydrogen (secondary N) is 2. The molecule has 9 heavy (non-hydrogen) atoms. The van der Waals surface area contributed by atoms with Gasteiger partial charge in [-0.25, -0.2) is 0 Å². The maximum Gasteiger partial charge on any atom is 0.274 e. The standard InChI is InChI=1S/C3H6N2OS.C2H6/c1-2(4)3(6)5-7;1-2/h4,7H,1H3,(H,5,6);1-2H3. The Balaban J connectivity index is 0. The molecule has 0 spiro atoms. The van der Waals surface area contributed by atoms with Crippen LogP contribution in [0.4, 0.5) is 0 Å². The Morgan fingerprint density at radius 1 is 1.56 bits per heavy atom. The number of hydrogen-bond acceptors (Lipinski definition) is 3. The molecule has 0 fully saturated rings. The third-order valence-electron chi connectivity index (χ3n) is 0.442. The normalized spacial score (nSPS) is 6.67. The van der Waals surface area contributed by atoms with Crippen LogP contribution in [0.2, 0.25) is 0 Å². The number of hydrogen-bond donors (Lipinski definition) is 3. The first-order valence-electron chi connectivity index (χ1n) is 2.68. The number of thiol groups is 1. The lowest BCUT2D eigenvalue weighted by Crippen LogP contribution is -2.19. The van der Waals surface area contributed by atoms with Crippen LogP contribution in [0.25, 0.3) is 0 Å². The summed E-state index contributed by atoms with van der Waals surface area (Å²) < 4.78 is 2.00. The van der Waals surface area contributed by atoms with Crippen LogP contribution >= 0.6 is 12.8 Å². The third-order valence-corrected chi connectivity index (χ3v) is 0.645. The molecule has 0 atom stereocenters. The van der Waals surface area contributed by atoms with E-state index in [-0.39, 0.29) is 5.71 Å². The largest absolute Gasteiger partial charge is 0.300 e. The van der Waals surface area contributed by atoms with Gasteiger partial charge in [-0.3, -0.25) is 14.9 Å². The van der Waals surface area contributed by atoms with Gasteiger partial charge in [0.15, 0.2) is 0 Å². The average molecular weight is 148 g/mol. The minimum atomic E-state index is -0.455. The smallest absolute Gasteiger partial charge is 0.274 e. The Bertz CT molecular complexity index is 103. The van der Waals surface area contributed by atoms with Crippen LogP contribution in [0.1, 0.15) is 20.8 Å². The molecule has 1 amide bonds. The molecule has 4 heteroatoms. The minimum absolute atomic E-state index is 0.0324. The zero-order valence-corrected chi connectivity index (χ0v) is 6.75. The van der Waals surface area contributed by atoms with E-state index in [0.29, 0.717) is 0 Å². The second kappa shape index (κ2) is 7.49. The second-order valence-corrected chi connectivity index (χ2v) is 1.29. The fourth-order valence-corrected chi connectivity index (χ4v) is 0.252. The van der Waals surface area contributed by atoms with Crippen LogP contribution in [0, 0.1) is 5.41 Å². The van der Waals surface area contributed by atoms with Gasteiger partial charge >= 0.3 is 0 Å². The van der Waals surface area contributed by atoms with Crippen LogP contribution in [-0.4, -0.2) is 11.6 Å². The number of amides is 1. The SMILES string of the molecule is CC.CC(=N)C(=O)NS. The molecule has 0 aromatic rings. The molecule has 0 aromatic heterocycles. The van der Waals surface area contributed by atoms with Crippen LogP contribution in [0.15, 0.2) is 0 Å². The lowest BCUT2D eigenvalue weighted by Gasteiger charge is -1.88. The first kappa shape index (κ1) is 11.3. The zero-order valence-electron chi connectivity index (χ0n) is 5.86. The Hall–Kier alpha value is -0.510. The molecule has 0 bridgehead atoms. The van der Waals surface area contributed by atoms with E-state index in [0.717, 1.165) is 0 Å². The van der Waals surface area contributed by atoms with Crippen molar-refractivity contribution in [2.24, 2.45) is 0 Å². The van der Waals surface area contributed by atoms with E-state index in [1.54, 1.807) is 0 Å². The Kier molecular flexibility index (Phi) is 9.41. The van der Waals surface area contributed by atoms with Crippen LogP contribution in [0.5, 0.6) is 0 Å². The van der Waals surface area contributed by atoms with Crippen molar-refractivity contribution in [2.75, 3.05) is 0 Å². The molecule has 0 aliphatic rings. The van der Waals surface area contributed by atoms with Crippen LogP contribution < -0.4 is 4.72 Å². The highest BCUT2D eigenvalue weighted by Gasteiger charge is 1.96. The summed E-state index contributed by atoms with van der Waals surface area (Å²) in [5, 5.41) is 6.64. The minimum Gasteiger partial charge on any atom is -0.300 e. The van der Waals surface area contributed by atoms with E-state index >= 15 is 0 Å². The van der Waals surface area contributed by atoms with Crippen molar-refractivity contribution in [1.29, 1.82) is 5.41 Å². The van der Waals surface area contributed by atoms with Gasteiger partial charge in [-0.15, -0.1) is 0 Å². The first-order valence-corrected chi connectivity index (χ1v) is 3.12. The van der Waals surface area contributed by atoms with E-state index in [1.165, 1.54) is 6.92 Å². The van der Waals surface area contributed by atoms with Gasteiger partial charge in [0, 0.05) is 0 Å². The van der Waals surface area contributed by atoms with Crippen LogP contribution in [0.3, 0.4) is 0 Å². The van der Waals surface area contributed by atoms with E-state index < -0.39 is 5.91 Å². The molecule has 2 N–H and O–H groups in total. The fraction of sp³-hybridized carbons (Fsp3) is 0.600. The summed E-state index contributed by atoms with van der Waals surface area (Å²) in [5.41, 5.74) is -0.0324. The van der Waals surface area contributed by atoms with Gasteiger partial charge in [0.2, 0.25) is 0 Å². The lowest BCUT2D eigenvalue weighted by atomic mass is 10.4. The molecule has 0 saturated heterocycles. The summed E-state index contributed by atoms with van der Waals surface area (Å²) in [6.07, 6.45) is 0. The Morgan fingerprint density at radius 2 is 1.89 bits per heavy atom. The summed E-state index contributed by atoms with van der Waals surface area (Å²) in [5.74, 6) is -0.455. The predicted molar refractivity (Wildman–Crippen MR) is 41.9 cm³/mol. The van der Waals surface area contributed by atoms with Crippen molar-refractivity contribution >= 4 is 24.4 Å². The molecular weight excluding hydrogens is 136 g/mol. The molecule has 0 rings (SSSR count).